The van der Waals surface area contributed by atoms with Gasteiger partial charge in [-0.1, -0.05) is 6.92 Å². The summed E-state index contributed by atoms with van der Waals surface area (Å²) in [5.74, 6) is 0.195. The zero-order chi connectivity index (χ0) is 13.3. The fraction of sp³-hybridized carbons (Fsp3) is 0.417. The van der Waals surface area contributed by atoms with E-state index in [2.05, 4.69) is 0 Å². The third-order valence-corrected chi connectivity index (χ3v) is 4.61. The highest BCUT2D eigenvalue weighted by molar-refractivity contribution is 8.13. The topological polar surface area (TPSA) is 54.5 Å². The van der Waals surface area contributed by atoms with Gasteiger partial charge in [0, 0.05) is 28.8 Å². The van der Waals surface area contributed by atoms with E-state index in [1.165, 1.54) is 12.1 Å². The van der Waals surface area contributed by atoms with Crippen molar-refractivity contribution >= 4 is 31.3 Å². The molecule has 0 aliphatic carbocycles. The number of carbonyl (C=O) groups excluding carboxylic acids is 1. The number of rotatable bonds is 3. The molecule has 0 saturated carbocycles. The molecule has 1 aromatic rings. The second-order valence-electron chi connectivity index (χ2n) is 4.32. The number of halogens is 1. The Morgan fingerprint density at radius 1 is 1.33 bits per heavy atom. The first kappa shape index (κ1) is 13.4. The van der Waals surface area contributed by atoms with E-state index in [-0.39, 0.29) is 16.7 Å². The average Bonchev–Trinajstić information content (AvgIpc) is 2.69. The van der Waals surface area contributed by atoms with Crippen molar-refractivity contribution in [2.45, 2.75) is 24.7 Å². The smallest absolute Gasteiger partial charge is 0.261 e. The summed E-state index contributed by atoms with van der Waals surface area (Å²) in [6, 6.07) is 6.07. The lowest BCUT2D eigenvalue weighted by atomic mass is 10.1. The Morgan fingerprint density at radius 3 is 2.39 bits per heavy atom. The van der Waals surface area contributed by atoms with Crippen LogP contribution in [0.2, 0.25) is 0 Å². The SMILES string of the molecule is CCC1CCN(c2ccc(S(=O)(=O)Cl)cc2)C1=O. The van der Waals surface area contributed by atoms with Crippen molar-refractivity contribution in [3.63, 3.8) is 0 Å². The van der Waals surface area contributed by atoms with E-state index in [0.29, 0.717) is 6.54 Å². The van der Waals surface area contributed by atoms with Crippen LogP contribution in [-0.2, 0) is 13.8 Å². The van der Waals surface area contributed by atoms with Crippen LogP contribution in [0.3, 0.4) is 0 Å². The first-order valence-electron chi connectivity index (χ1n) is 5.79. The normalized spacial score (nSPS) is 20.4. The molecule has 4 nitrogen and oxygen atoms in total. The molecule has 1 unspecified atom stereocenters. The zero-order valence-corrected chi connectivity index (χ0v) is 11.5. The molecule has 0 bridgehead atoms. The third-order valence-electron chi connectivity index (χ3n) is 3.24. The molecule has 6 heteroatoms. The number of hydrogen-bond acceptors (Lipinski definition) is 3. The summed E-state index contributed by atoms with van der Waals surface area (Å²) in [4.78, 5) is 13.7. The highest BCUT2D eigenvalue weighted by Crippen LogP contribution is 2.28. The van der Waals surface area contributed by atoms with E-state index >= 15 is 0 Å². The van der Waals surface area contributed by atoms with Gasteiger partial charge < -0.3 is 4.90 Å². The number of hydrogen-bond donors (Lipinski definition) is 0. The Bertz CT molecular complexity index is 553. The lowest BCUT2D eigenvalue weighted by Gasteiger charge is -2.16. The number of nitrogens with zero attached hydrogens (tertiary/aromatic N) is 1. The van der Waals surface area contributed by atoms with Gasteiger partial charge in [0.25, 0.3) is 9.05 Å². The highest BCUT2D eigenvalue weighted by Gasteiger charge is 2.31. The van der Waals surface area contributed by atoms with Crippen molar-refractivity contribution < 1.29 is 13.2 Å². The number of carbonyl (C=O) groups is 1. The van der Waals surface area contributed by atoms with E-state index in [0.717, 1.165) is 18.5 Å². The molecular formula is C12H14ClNO3S. The first-order valence-corrected chi connectivity index (χ1v) is 8.10. The summed E-state index contributed by atoms with van der Waals surface area (Å²) in [5.41, 5.74) is 0.722. The van der Waals surface area contributed by atoms with Crippen LogP contribution in [0.1, 0.15) is 19.8 Å². The molecule has 98 valence electrons. The third kappa shape index (κ3) is 2.52. The molecule has 0 spiro atoms. The molecule has 0 aromatic heterocycles. The maximum Gasteiger partial charge on any atom is 0.261 e. The van der Waals surface area contributed by atoms with Gasteiger partial charge in [-0.05, 0) is 37.1 Å². The Balaban J connectivity index is 2.24. The van der Waals surface area contributed by atoms with E-state index in [1.54, 1.807) is 17.0 Å². The first-order chi connectivity index (χ1) is 8.43. The second-order valence-corrected chi connectivity index (χ2v) is 6.88. The summed E-state index contributed by atoms with van der Waals surface area (Å²) in [6.07, 6.45) is 1.69. The van der Waals surface area contributed by atoms with Crippen molar-refractivity contribution in [2.24, 2.45) is 5.92 Å². The van der Waals surface area contributed by atoms with E-state index < -0.39 is 9.05 Å². The van der Waals surface area contributed by atoms with E-state index in [1.807, 2.05) is 6.92 Å². The second kappa shape index (κ2) is 4.90. The number of amides is 1. The van der Waals surface area contributed by atoms with Gasteiger partial charge in [-0.15, -0.1) is 0 Å². The summed E-state index contributed by atoms with van der Waals surface area (Å²) in [6.45, 7) is 2.68. The summed E-state index contributed by atoms with van der Waals surface area (Å²) in [5, 5.41) is 0. The van der Waals surface area contributed by atoms with Gasteiger partial charge in [0.1, 0.15) is 0 Å². The van der Waals surface area contributed by atoms with Crippen LogP contribution >= 0.6 is 10.7 Å². The molecule has 1 aliphatic rings. The summed E-state index contributed by atoms with van der Waals surface area (Å²) >= 11 is 0. The van der Waals surface area contributed by atoms with Gasteiger partial charge in [-0.2, -0.15) is 0 Å². The minimum absolute atomic E-state index is 0.0478. The Hall–Kier alpha value is -1.07. The van der Waals surface area contributed by atoms with E-state index in [4.69, 9.17) is 10.7 Å². The monoisotopic (exact) mass is 287 g/mol. The molecule has 18 heavy (non-hydrogen) atoms. The van der Waals surface area contributed by atoms with Gasteiger partial charge in [-0.3, -0.25) is 4.79 Å². The Morgan fingerprint density at radius 2 is 1.94 bits per heavy atom. The highest BCUT2D eigenvalue weighted by atomic mass is 35.7. The van der Waals surface area contributed by atoms with Gasteiger partial charge in [0.05, 0.1) is 4.90 Å². The summed E-state index contributed by atoms with van der Waals surface area (Å²) in [7, 11) is 1.53. The van der Waals surface area contributed by atoms with Crippen LogP contribution in [0.4, 0.5) is 5.69 Å². The Kier molecular flexibility index (Phi) is 3.64. The molecule has 0 N–H and O–H groups in total. The van der Waals surface area contributed by atoms with Crippen molar-refractivity contribution in [1.29, 1.82) is 0 Å². The van der Waals surface area contributed by atoms with Gasteiger partial charge >= 0.3 is 0 Å². The molecular weight excluding hydrogens is 274 g/mol. The maximum absolute atomic E-state index is 12.0. The minimum atomic E-state index is -3.70. The maximum atomic E-state index is 12.0. The van der Waals surface area contributed by atoms with E-state index in [9.17, 15) is 13.2 Å². The lowest BCUT2D eigenvalue weighted by Crippen LogP contribution is -2.26. The molecule has 0 radical (unpaired) electrons. The van der Waals surface area contributed by atoms with Crippen molar-refractivity contribution in [3.05, 3.63) is 24.3 Å². The largest absolute Gasteiger partial charge is 0.312 e. The van der Waals surface area contributed by atoms with Gasteiger partial charge in [0.15, 0.2) is 0 Å². The molecule has 1 amide bonds. The lowest BCUT2D eigenvalue weighted by molar-refractivity contribution is -0.120. The summed E-state index contributed by atoms with van der Waals surface area (Å²) < 4.78 is 22.2. The standard InChI is InChI=1S/C12H14ClNO3S/c1-2-9-7-8-14(12(9)15)10-3-5-11(6-4-10)18(13,16)17/h3-6,9H,2,7-8H2,1H3. The molecule has 1 aromatic carbocycles. The quantitative estimate of drug-likeness (QED) is 0.802. The average molecular weight is 288 g/mol. The van der Waals surface area contributed by atoms with Gasteiger partial charge in [0.2, 0.25) is 5.91 Å². The Labute approximate surface area is 111 Å². The molecule has 1 heterocycles. The fourth-order valence-electron chi connectivity index (χ4n) is 2.16. The molecule has 1 aliphatic heterocycles. The number of anilines is 1. The van der Waals surface area contributed by atoms with Crippen molar-refractivity contribution in [2.75, 3.05) is 11.4 Å². The predicted molar refractivity (Wildman–Crippen MR) is 70.2 cm³/mol. The minimum Gasteiger partial charge on any atom is -0.312 e. The predicted octanol–water partition coefficient (Wildman–Crippen LogP) is 2.38. The van der Waals surface area contributed by atoms with Crippen LogP contribution in [0.15, 0.2) is 29.2 Å². The van der Waals surface area contributed by atoms with Gasteiger partial charge in [-0.25, -0.2) is 8.42 Å². The van der Waals surface area contributed by atoms with Crippen molar-refractivity contribution in [1.82, 2.24) is 0 Å². The molecule has 1 atom stereocenters. The van der Waals surface area contributed by atoms with Crippen LogP contribution < -0.4 is 4.90 Å². The number of benzene rings is 1. The molecule has 2 rings (SSSR count). The van der Waals surface area contributed by atoms with Crippen molar-refractivity contribution in [3.8, 4) is 0 Å². The van der Waals surface area contributed by atoms with Crippen LogP contribution in [0.5, 0.6) is 0 Å². The molecule has 1 saturated heterocycles. The van der Waals surface area contributed by atoms with Crippen LogP contribution in [0.25, 0.3) is 0 Å². The van der Waals surface area contributed by atoms with Crippen LogP contribution in [0, 0.1) is 5.92 Å². The fourth-order valence-corrected chi connectivity index (χ4v) is 2.93. The van der Waals surface area contributed by atoms with Crippen LogP contribution in [-0.4, -0.2) is 20.9 Å². The zero-order valence-electron chi connectivity index (χ0n) is 9.97. The molecule has 1 fully saturated rings.